The summed E-state index contributed by atoms with van der Waals surface area (Å²) >= 11 is 0. The molecule has 3 aromatic heterocycles. The Morgan fingerprint density at radius 1 is 0.290 bits per heavy atom. The van der Waals surface area contributed by atoms with Crippen LogP contribution in [-0.4, -0.2) is 9.97 Å². The van der Waals surface area contributed by atoms with Crippen molar-refractivity contribution in [1.82, 2.24) is 9.97 Å². The second kappa shape index (κ2) is 13.6. The van der Waals surface area contributed by atoms with Gasteiger partial charge in [0.05, 0.1) is 11.4 Å². The highest BCUT2D eigenvalue weighted by Crippen LogP contribution is 2.45. The summed E-state index contributed by atoms with van der Waals surface area (Å²) in [6.45, 7) is 0. The predicted octanol–water partition coefficient (Wildman–Crippen LogP) is 16.1. The first kappa shape index (κ1) is 34.5. The highest BCUT2D eigenvalue weighted by molar-refractivity contribution is 6.18. The van der Waals surface area contributed by atoms with E-state index in [1.54, 1.807) is 0 Å². The van der Waals surface area contributed by atoms with E-state index >= 15 is 0 Å². The Morgan fingerprint density at radius 2 is 0.839 bits per heavy atom. The van der Waals surface area contributed by atoms with Crippen LogP contribution < -0.4 is 0 Å². The molecule has 0 aliphatic carbocycles. The van der Waals surface area contributed by atoms with E-state index in [4.69, 9.17) is 18.8 Å². The van der Waals surface area contributed by atoms with Gasteiger partial charge in [0.1, 0.15) is 22.3 Å². The number of rotatable bonds is 5. The Bertz CT molecular complexity index is 3800. The molecule has 0 amide bonds. The van der Waals surface area contributed by atoms with E-state index in [0.717, 1.165) is 99.2 Å². The Hall–Kier alpha value is -8.34. The van der Waals surface area contributed by atoms with E-state index < -0.39 is 0 Å². The number of fused-ring (bicyclic) bond motifs is 10. The van der Waals surface area contributed by atoms with E-state index in [9.17, 15) is 0 Å². The Kier molecular flexibility index (Phi) is 7.57. The van der Waals surface area contributed by atoms with Crippen LogP contribution in [0.2, 0.25) is 0 Å². The molecule has 0 saturated carbocycles. The third-order valence-corrected chi connectivity index (χ3v) is 12.5. The van der Waals surface area contributed by atoms with Crippen molar-refractivity contribution < 1.29 is 8.83 Å². The minimum absolute atomic E-state index is 0.620. The molecule has 0 spiro atoms. The van der Waals surface area contributed by atoms with E-state index in [-0.39, 0.29) is 0 Å². The molecule has 0 aliphatic heterocycles. The molecule has 13 aromatic rings. The summed E-state index contributed by atoms with van der Waals surface area (Å²) in [5.74, 6) is 0.620. The highest BCUT2D eigenvalue weighted by Gasteiger charge is 2.23. The number of benzene rings is 10. The molecular weight excluding hydrogens is 757 g/mol. The van der Waals surface area contributed by atoms with Crippen LogP contribution in [0.1, 0.15) is 0 Å². The molecule has 4 heteroatoms. The van der Waals surface area contributed by atoms with Gasteiger partial charge in [0, 0.05) is 38.2 Å². The van der Waals surface area contributed by atoms with E-state index in [1.807, 2.05) is 24.3 Å². The third kappa shape index (κ3) is 5.33. The van der Waals surface area contributed by atoms with Crippen molar-refractivity contribution in [2.75, 3.05) is 0 Å². The van der Waals surface area contributed by atoms with Gasteiger partial charge >= 0.3 is 0 Å². The van der Waals surface area contributed by atoms with Gasteiger partial charge in [0.15, 0.2) is 5.82 Å². The minimum atomic E-state index is 0.620. The highest BCUT2D eigenvalue weighted by atomic mass is 16.3. The number of aromatic nitrogens is 2. The van der Waals surface area contributed by atoms with E-state index in [0.29, 0.717) is 5.82 Å². The molecule has 13 rings (SSSR count). The van der Waals surface area contributed by atoms with Crippen LogP contribution in [0.4, 0.5) is 0 Å². The fraction of sp³-hybridized carbons (Fsp3) is 0. The fourth-order valence-electron chi connectivity index (χ4n) is 9.60. The molecule has 4 nitrogen and oxygen atoms in total. The lowest BCUT2D eigenvalue weighted by Gasteiger charge is -2.18. The average Bonchev–Trinajstić information content (AvgIpc) is 3.92. The second-order valence-electron chi connectivity index (χ2n) is 16.0. The molecule has 0 aliphatic rings. The minimum Gasteiger partial charge on any atom is -0.455 e. The van der Waals surface area contributed by atoms with Gasteiger partial charge in [0.2, 0.25) is 0 Å². The van der Waals surface area contributed by atoms with E-state index in [2.05, 4.69) is 182 Å². The quantitative estimate of drug-likeness (QED) is 0.163. The maximum Gasteiger partial charge on any atom is 0.161 e. The molecule has 0 unspecified atom stereocenters. The zero-order chi connectivity index (χ0) is 40.7. The SMILES string of the molecule is c1ccc(-c2ccc3cc(-c4ccc5ccccc5c4-c4nc(-c5cccc6c5oc5ccccc56)cc(-c5cccc6c5oc5ccccc56)n4)c4ccccc4c3c2)cc1. The third-order valence-electron chi connectivity index (χ3n) is 12.5. The average molecular weight is 791 g/mol. The summed E-state index contributed by atoms with van der Waals surface area (Å²) in [7, 11) is 0. The first-order valence-electron chi connectivity index (χ1n) is 21.0. The molecule has 0 saturated heterocycles. The first-order valence-corrected chi connectivity index (χ1v) is 21.0. The molecule has 10 aromatic carbocycles. The van der Waals surface area contributed by atoms with Gasteiger partial charge in [-0.3, -0.25) is 0 Å². The fourth-order valence-corrected chi connectivity index (χ4v) is 9.60. The Labute approximate surface area is 356 Å². The molecule has 0 N–H and O–H groups in total. The lowest BCUT2D eigenvalue weighted by Crippen LogP contribution is -1.99. The summed E-state index contributed by atoms with van der Waals surface area (Å²) in [6.07, 6.45) is 0. The standard InChI is InChI=1S/C58H34N2O2/c1-2-14-35(15-3-1)37-28-29-38-33-50(41-19-7-6-18-40(41)49(38)32-37)44-31-30-36-16-4-5-17-39(36)55(44)58-59-51(47-24-12-22-45-42-20-8-10-26-53(42)61-56(45)47)34-52(60-58)48-25-13-23-46-43-21-9-11-27-54(43)62-57(46)48/h1-34H. The van der Waals surface area contributed by atoms with Gasteiger partial charge in [-0.2, -0.15) is 0 Å². The van der Waals surface area contributed by atoms with Crippen molar-refractivity contribution in [2.45, 2.75) is 0 Å². The number of hydrogen-bond donors (Lipinski definition) is 0. The number of nitrogens with zero attached hydrogens (tertiary/aromatic N) is 2. The molecule has 0 radical (unpaired) electrons. The normalized spacial score (nSPS) is 11.9. The molecule has 0 atom stereocenters. The predicted molar refractivity (Wildman–Crippen MR) is 256 cm³/mol. The van der Waals surface area contributed by atoms with Gasteiger partial charge in [-0.05, 0) is 97.0 Å². The van der Waals surface area contributed by atoms with Crippen molar-refractivity contribution in [3.05, 3.63) is 206 Å². The molecule has 0 bridgehead atoms. The summed E-state index contributed by atoms with van der Waals surface area (Å²) in [6, 6.07) is 72.7. The van der Waals surface area contributed by atoms with Gasteiger partial charge in [-0.15, -0.1) is 0 Å². The van der Waals surface area contributed by atoms with Crippen molar-refractivity contribution in [3.63, 3.8) is 0 Å². The summed E-state index contributed by atoms with van der Waals surface area (Å²) in [5, 5.41) is 11.2. The van der Waals surface area contributed by atoms with Crippen molar-refractivity contribution in [2.24, 2.45) is 0 Å². The van der Waals surface area contributed by atoms with Crippen LogP contribution in [0.3, 0.4) is 0 Å². The Balaban J connectivity index is 1.12. The topological polar surface area (TPSA) is 52.1 Å². The molecular formula is C58H34N2O2. The maximum atomic E-state index is 6.65. The smallest absolute Gasteiger partial charge is 0.161 e. The van der Waals surface area contributed by atoms with Crippen LogP contribution in [-0.2, 0) is 0 Å². The van der Waals surface area contributed by atoms with Gasteiger partial charge in [-0.25, -0.2) is 9.97 Å². The second-order valence-corrected chi connectivity index (χ2v) is 16.0. The summed E-state index contributed by atoms with van der Waals surface area (Å²) < 4.78 is 13.3. The summed E-state index contributed by atoms with van der Waals surface area (Å²) in [5.41, 5.74) is 12.1. The zero-order valence-electron chi connectivity index (χ0n) is 33.3. The zero-order valence-corrected chi connectivity index (χ0v) is 33.3. The molecule has 62 heavy (non-hydrogen) atoms. The maximum absolute atomic E-state index is 6.65. The summed E-state index contributed by atoms with van der Waals surface area (Å²) in [4.78, 5) is 11.1. The van der Waals surface area contributed by atoms with Gasteiger partial charge in [0.25, 0.3) is 0 Å². The lowest BCUT2D eigenvalue weighted by molar-refractivity contribution is 0.669. The number of furan rings is 2. The van der Waals surface area contributed by atoms with E-state index in [1.165, 1.54) is 27.3 Å². The van der Waals surface area contributed by atoms with Crippen molar-refractivity contribution >= 4 is 76.2 Å². The van der Waals surface area contributed by atoms with Gasteiger partial charge in [-0.1, -0.05) is 164 Å². The van der Waals surface area contributed by atoms with Crippen LogP contribution in [0.5, 0.6) is 0 Å². The van der Waals surface area contributed by atoms with Crippen molar-refractivity contribution in [3.8, 4) is 56.2 Å². The molecule has 3 heterocycles. The first-order chi connectivity index (χ1) is 30.7. The molecule has 0 fully saturated rings. The van der Waals surface area contributed by atoms with Crippen LogP contribution >= 0.6 is 0 Å². The van der Waals surface area contributed by atoms with Crippen LogP contribution in [0, 0.1) is 0 Å². The monoisotopic (exact) mass is 790 g/mol. The largest absolute Gasteiger partial charge is 0.455 e. The van der Waals surface area contributed by atoms with Crippen LogP contribution in [0.15, 0.2) is 215 Å². The lowest BCUT2D eigenvalue weighted by atomic mass is 9.87. The van der Waals surface area contributed by atoms with Gasteiger partial charge < -0.3 is 8.83 Å². The molecule has 288 valence electrons. The van der Waals surface area contributed by atoms with Crippen LogP contribution in [0.25, 0.3) is 132 Å². The number of para-hydroxylation sites is 4. The van der Waals surface area contributed by atoms with Crippen molar-refractivity contribution in [1.29, 1.82) is 0 Å². The Morgan fingerprint density at radius 3 is 1.52 bits per heavy atom. The number of hydrogen-bond acceptors (Lipinski definition) is 4.